The summed E-state index contributed by atoms with van der Waals surface area (Å²) in [5, 5.41) is 3.43. The van der Waals surface area contributed by atoms with Crippen molar-refractivity contribution >= 4 is 0 Å². The van der Waals surface area contributed by atoms with Crippen LogP contribution in [-0.2, 0) is 0 Å². The Balaban J connectivity index is 2.43. The van der Waals surface area contributed by atoms with Gasteiger partial charge in [-0.3, -0.25) is 0 Å². The van der Waals surface area contributed by atoms with Crippen LogP contribution < -0.4 is 5.32 Å². The van der Waals surface area contributed by atoms with Crippen LogP contribution in [-0.4, -0.2) is 13.1 Å². The number of hydrogen-bond acceptors (Lipinski definition) is 1. The van der Waals surface area contributed by atoms with E-state index in [1.54, 1.807) is 0 Å². The van der Waals surface area contributed by atoms with Gasteiger partial charge in [-0.15, -0.1) is 0 Å². The molecule has 1 N–H and O–H groups in total. The number of hydrogen-bond donors (Lipinski definition) is 1. The SMILES string of the molecule is CCC1CC(C)CCC(NC)C1. The van der Waals surface area contributed by atoms with E-state index in [4.69, 9.17) is 0 Å². The van der Waals surface area contributed by atoms with Crippen LogP contribution in [0.2, 0.25) is 0 Å². The molecule has 0 bridgehead atoms. The van der Waals surface area contributed by atoms with Gasteiger partial charge in [-0.2, -0.15) is 0 Å². The lowest BCUT2D eigenvalue weighted by Gasteiger charge is -2.18. The van der Waals surface area contributed by atoms with E-state index in [-0.39, 0.29) is 0 Å². The van der Waals surface area contributed by atoms with E-state index in [9.17, 15) is 0 Å². The molecule has 1 heteroatoms. The fraction of sp³-hybridized carbons (Fsp3) is 1.00. The summed E-state index contributed by atoms with van der Waals surface area (Å²) >= 11 is 0. The van der Waals surface area contributed by atoms with E-state index in [0.717, 1.165) is 17.9 Å². The second kappa shape index (κ2) is 4.86. The molecule has 3 atom stereocenters. The second-order valence-corrected chi connectivity index (χ2v) is 4.41. The fourth-order valence-corrected chi connectivity index (χ4v) is 2.38. The average molecular weight is 169 g/mol. The van der Waals surface area contributed by atoms with Crippen molar-refractivity contribution in [1.29, 1.82) is 0 Å². The first-order valence-electron chi connectivity index (χ1n) is 5.43. The molecule has 1 aliphatic rings. The number of nitrogens with one attached hydrogen (secondary N) is 1. The molecule has 0 aromatic rings. The molecular weight excluding hydrogens is 146 g/mol. The highest BCUT2D eigenvalue weighted by atomic mass is 14.9. The highest BCUT2D eigenvalue weighted by Crippen LogP contribution is 2.29. The minimum absolute atomic E-state index is 0.792. The van der Waals surface area contributed by atoms with Gasteiger partial charge in [0, 0.05) is 6.04 Å². The minimum Gasteiger partial charge on any atom is -0.317 e. The Morgan fingerprint density at radius 3 is 2.58 bits per heavy atom. The van der Waals surface area contributed by atoms with Crippen LogP contribution in [0, 0.1) is 11.8 Å². The third kappa shape index (κ3) is 2.78. The van der Waals surface area contributed by atoms with Crippen LogP contribution in [0.3, 0.4) is 0 Å². The van der Waals surface area contributed by atoms with E-state index in [1.165, 1.54) is 32.1 Å². The summed E-state index contributed by atoms with van der Waals surface area (Å²) in [6.07, 6.45) is 7.02. The van der Waals surface area contributed by atoms with Crippen molar-refractivity contribution < 1.29 is 0 Å². The summed E-state index contributed by atoms with van der Waals surface area (Å²) in [6, 6.07) is 0.792. The van der Waals surface area contributed by atoms with Gasteiger partial charge in [-0.05, 0) is 44.6 Å². The molecule has 1 nitrogen and oxygen atoms in total. The largest absolute Gasteiger partial charge is 0.317 e. The summed E-state index contributed by atoms with van der Waals surface area (Å²) in [7, 11) is 2.10. The van der Waals surface area contributed by atoms with Crippen molar-refractivity contribution in [3.8, 4) is 0 Å². The molecule has 1 rings (SSSR count). The van der Waals surface area contributed by atoms with Gasteiger partial charge in [0.1, 0.15) is 0 Å². The number of rotatable bonds is 2. The van der Waals surface area contributed by atoms with Crippen LogP contribution in [0.5, 0.6) is 0 Å². The monoisotopic (exact) mass is 169 g/mol. The van der Waals surface area contributed by atoms with Gasteiger partial charge < -0.3 is 5.32 Å². The van der Waals surface area contributed by atoms with Crippen LogP contribution in [0.25, 0.3) is 0 Å². The molecule has 0 aromatic carbocycles. The molecule has 0 saturated heterocycles. The summed E-state index contributed by atoms with van der Waals surface area (Å²) < 4.78 is 0. The second-order valence-electron chi connectivity index (χ2n) is 4.41. The third-order valence-electron chi connectivity index (χ3n) is 3.35. The zero-order valence-electron chi connectivity index (χ0n) is 8.77. The molecule has 0 aliphatic heterocycles. The lowest BCUT2D eigenvalue weighted by Crippen LogP contribution is -2.26. The summed E-state index contributed by atoms with van der Waals surface area (Å²) in [6.45, 7) is 4.73. The smallest absolute Gasteiger partial charge is 0.00668 e. The molecule has 1 aliphatic carbocycles. The van der Waals surface area contributed by atoms with Gasteiger partial charge in [-0.25, -0.2) is 0 Å². The topological polar surface area (TPSA) is 12.0 Å². The molecule has 0 radical (unpaired) electrons. The Kier molecular flexibility index (Phi) is 4.07. The molecule has 0 spiro atoms. The Labute approximate surface area is 76.9 Å². The van der Waals surface area contributed by atoms with Crippen LogP contribution in [0.4, 0.5) is 0 Å². The Bertz CT molecular complexity index is 122. The van der Waals surface area contributed by atoms with E-state index in [1.807, 2.05) is 0 Å². The summed E-state index contributed by atoms with van der Waals surface area (Å²) in [5.74, 6) is 1.92. The van der Waals surface area contributed by atoms with Crippen LogP contribution in [0.15, 0.2) is 0 Å². The van der Waals surface area contributed by atoms with Crippen molar-refractivity contribution in [2.45, 2.75) is 52.0 Å². The van der Waals surface area contributed by atoms with E-state index >= 15 is 0 Å². The van der Waals surface area contributed by atoms with Crippen molar-refractivity contribution in [3.05, 3.63) is 0 Å². The molecule has 72 valence electrons. The average Bonchev–Trinajstić information content (AvgIpc) is 2.26. The van der Waals surface area contributed by atoms with Gasteiger partial charge >= 0.3 is 0 Å². The zero-order chi connectivity index (χ0) is 8.97. The van der Waals surface area contributed by atoms with Gasteiger partial charge in [0.25, 0.3) is 0 Å². The van der Waals surface area contributed by atoms with E-state index in [2.05, 4.69) is 26.2 Å². The quantitative estimate of drug-likeness (QED) is 0.627. The van der Waals surface area contributed by atoms with E-state index in [0.29, 0.717) is 0 Å². The molecule has 0 aromatic heterocycles. The molecule has 1 fully saturated rings. The maximum absolute atomic E-state index is 3.43. The fourth-order valence-electron chi connectivity index (χ4n) is 2.38. The molecule has 0 heterocycles. The summed E-state index contributed by atoms with van der Waals surface area (Å²) in [4.78, 5) is 0. The standard InChI is InChI=1S/C11H23N/c1-4-10-7-9(2)5-6-11(8-10)12-3/h9-12H,4-8H2,1-3H3. The Morgan fingerprint density at radius 1 is 1.25 bits per heavy atom. The molecule has 1 saturated carbocycles. The predicted molar refractivity (Wildman–Crippen MR) is 54.3 cm³/mol. The predicted octanol–water partition coefficient (Wildman–Crippen LogP) is 2.81. The van der Waals surface area contributed by atoms with Crippen molar-refractivity contribution in [2.75, 3.05) is 7.05 Å². The molecule has 12 heavy (non-hydrogen) atoms. The minimum atomic E-state index is 0.792. The van der Waals surface area contributed by atoms with Crippen molar-refractivity contribution in [3.63, 3.8) is 0 Å². The highest BCUT2D eigenvalue weighted by Gasteiger charge is 2.21. The van der Waals surface area contributed by atoms with Gasteiger partial charge in [-0.1, -0.05) is 20.3 Å². The van der Waals surface area contributed by atoms with E-state index < -0.39 is 0 Å². The lowest BCUT2D eigenvalue weighted by atomic mass is 9.92. The summed E-state index contributed by atoms with van der Waals surface area (Å²) in [5.41, 5.74) is 0. The lowest BCUT2D eigenvalue weighted by molar-refractivity contribution is 0.369. The van der Waals surface area contributed by atoms with Gasteiger partial charge in [0.2, 0.25) is 0 Å². The maximum atomic E-state index is 3.43. The molecule has 3 unspecified atom stereocenters. The van der Waals surface area contributed by atoms with Gasteiger partial charge in [0.05, 0.1) is 0 Å². The van der Waals surface area contributed by atoms with Crippen LogP contribution >= 0.6 is 0 Å². The molecule has 0 amide bonds. The van der Waals surface area contributed by atoms with Gasteiger partial charge in [0.15, 0.2) is 0 Å². The zero-order valence-corrected chi connectivity index (χ0v) is 8.77. The first kappa shape index (κ1) is 10.0. The Hall–Kier alpha value is -0.0400. The maximum Gasteiger partial charge on any atom is 0.00668 e. The third-order valence-corrected chi connectivity index (χ3v) is 3.35. The highest BCUT2D eigenvalue weighted by molar-refractivity contribution is 4.76. The molecular formula is C11H23N. The van der Waals surface area contributed by atoms with Crippen LogP contribution in [0.1, 0.15) is 46.0 Å². The normalized spacial score (nSPS) is 37.8. The van der Waals surface area contributed by atoms with Crippen molar-refractivity contribution in [2.24, 2.45) is 11.8 Å². The Morgan fingerprint density at radius 2 is 2.00 bits per heavy atom. The first-order chi connectivity index (χ1) is 5.76. The first-order valence-corrected chi connectivity index (χ1v) is 5.43. The van der Waals surface area contributed by atoms with Crippen molar-refractivity contribution in [1.82, 2.24) is 5.32 Å².